The van der Waals surface area contributed by atoms with Gasteiger partial charge in [-0.25, -0.2) is 0 Å². The highest BCUT2D eigenvalue weighted by molar-refractivity contribution is 6.52. The van der Waals surface area contributed by atoms with E-state index < -0.39 is 23.5 Å². The van der Waals surface area contributed by atoms with Crippen molar-refractivity contribution in [3.05, 3.63) is 97.5 Å². The molecule has 1 saturated heterocycles. The molecule has 34 heavy (non-hydrogen) atoms. The van der Waals surface area contributed by atoms with E-state index in [1.54, 1.807) is 55.5 Å². The molecule has 3 aromatic carbocycles. The predicted molar refractivity (Wildman–Crippen MR) is 135 cm³/mol. The van der Waals surface area contributed by atoms with Gasteiger partial charge in [-0.3, -0.25) is 14.5 Å². The summed E-state index contributed by atoms with van der Waals surface area (Å²) in [6, 6.07) is 14.4. The molecule has 3 aromatic rings. The third-order valence-electron chi connectivity index (χ3n) is 5.63. The molecule has 5 nitrogen and oxygen atoms in total. The molecule has 1 unspecified atom stereocenters. The lowest BCUT2D eigenvalue weighted by atomic mass is 9.94. The molecular weight excluding hydrogens is 497 g/mol. The van der Waals surface area contributed by atoms with Crippen molar-refractivity contribution in [2.75, 3.05) is 12.0 Å². The Hall–Kier alpha value is -2.99. The maximum absolute atomic E-state index is 13.4. The van der Waals surface area contributed by atoms with Crippen LogP contribution in [-0.2, 0) is 9.59 Å². The minimum absolute atomic E-state index is 0.107. The van der Waals surface area contributed by atoms with Gasteiger partial charge in [0.2, 0.25) is 0 Å². The lowest BCUT2D eigenvalue weighted by molar-refractivity contribution is -0.132. The number of ketones is 1. The molecule has 1 N–H and O–H groups in total. The number of rotatable bonds is 4. The average molecular weight is 517 g/mol. The number of aliphatic hydroxyl groups is 1. The van der Waals surface area contributed by atoms with Crippen LogP contribution in [0.15, 0.2) is 60.2 Å². The SMILES string of the molecule is COc1c(Cl)cc(C)cc1/C(O)=C1\C(=O)C(=O)N(c2cccc(C)c2)C1c1ccc(Cl)c(Cl)c1. The number of ether oxygens (including phenoxy) is 1. The van der Waals surface area contributed by atoms with E-state index in [0.717, 1.165) is 11.1 Å². The van der Waals surface area contributed by atoms with Gasteiger partial charge in [0.1, 0.15) is 11.5 Å². The highest BCUT2D eigenvalue weighted by Crippen LogP contribution is 2.45. The van der Waals surface area contributed by atoms with Gasteiger partial charge in [0.05, 0.1) is 39.4 Å². The maximum Gasteiger partial charge on any atom is 0.300 e. The van der Waals surface area contributed by atoms with Gasteiger partial charge in [-0.15, -0.1) is 0 Å². The van der Waals surface area contributed by atoms with Gasteiger partial charge in [0.25, 0.3) is 11.7 Å². The van der Waals surface area contributed by atoms with Crippen molar-refractivity contribution in [2.24, 2.45) is 0 Å². The van der Waals surface area contributed by atoms with Crippen molar-refractivity contribution in [3.63, 3.8) is 0 Å². The van der Waals surface area contributed by atoms with Crippen LogP contribution in [0.25, 0.3) is 5.76 Å². The summed E-state index contributed by atoms with van der Waals surface area (Å²) in [6.45, 7) is 3.68. The molecule has 0 bridgehead atoms. The van der Waals surface area contributed by atoms with E-state index in [0.29, 0.717) is 16.3 Å². The van der Waals surface area contributed by atoms with Gasteiger partial charge in [0, 0.05) is 5.69 Å². The number of Topliss-reactive ketones (excluding diaryl/α,β-unsaturated/α-hetero) is 1. The third-order valence-corrected chi connectivity index (χ3v) is 6.65. The molecule has 0 spiro atoms. The molecule has 0 radical (unpaired) electrons. The lowest BCUT2D eigenvalue weighted by Gasteiger charge is -2.26. The molecule has 1 fully saturated rings. The van der Waals surface area contributed by atoms with Crippen LogP contribution in [0.5, 0.6) is 5.75 Å². The van der Waals surface area contributed by atoms with Gasteiger partial charge in [-0.2, -0.15) is 0 Å². The number of carbonyl (C=O) groups excluding carboxylic acids is 2. The maximum atomic E-state index is 13.4. The van der Waals surface area contributed by atoms with Gasteiger partial charge in [-0.05, 0) is 66.9 Å². The highest BCUT2D eigenvalue weighted by atomic mass is 35.5. The average Bonchev–Trinajstić information content (AvgIpc) is 3.05. The van der Waals surface area contributed by atoms with E-state index in [1.807, 2.05) is 13.0 Å². The molecular formula is C26H20Cl3NO4. The number of nitrogens with zero attached hydrogens (tertiary/aromatic N) is 1. The summed E-state index contributed by atoms with van der Waals surface area (Å²) in [5.41, 5.74) is 2.76. The van der Waals surface area contributed by atoms with Crippen LogP contribution in [0.4, 0.5) is 5.69 Å². The highest BCUT2D eigenvalue weighted by Gasteiger charge is 2.47. The second kappa shape index (κ2) is 9.34. The van der Waals surface area contributed by atoms with Crippen molar-refractivity contribution >= 4 is 57.9 Å². The van der Waals surface area contributed by atoms with Gasteiger partial charge in [0.15, 0.2) is 0 Å². The molecule has 1 amide bonds. The molecule has 1 aliphatic heterocycles. The van der Waals surface area contributed by atoms with Crippen molar-refractivity contribution < 1.29 is 19.4 Å². The zero-order valence-electron chi connectivity index (χ0n) is 18.5. The Morgan fingerprint density at radius 3 is 2.29 bits per heavy atom. The molecule has 1 aliphatic rings. The summed E-state index contributed by atoms with van der Waals surface area (Å²) in [7, 11) is 1.41. The van der Waals surface area contributed by atoms with Crippen molar-refractivity contribution in [1.82, 2.24) is 0 Å². The quantitative estimate of drug-likeness (QED) is 0.233. The van der Waals surface area contributed by atoms with E-state index in [9.17, 15) is 14.7 Å². The number of hydrogen-bond acceptors (Lipinski definition) is 4. The summed E-state index contributed by atoms with van der Waals surface area (Å²) >= 11 is 18.7. The molecule has 0 saturated carbocycles. The van der Waals surface area contributed by atoms with Gasteiger partial charge in [-0.1, -0.05) is 53.0 Å². The standard InChI is InChI=1S/C26H20Cl3NO4/c1-13-5-4-6-16(9-13)30-22(15-7-8-18(27)19(28)12-15)21(24(32)26(30)33)23(31)17-10-14(2)11-20(29)25(17)34-3/h4-12,22,31H,1-3H3/b23-21+. The van der Waals surface area contributed by atoms with Crippen LogP contribution in [-0.4, -0.2) is 23.9 Å². The second-order valence-corrected chi connectivity index (χ2v) is 9.23. The number of aliphatic hydroxyl groups excluding tert-OH is 1. The second-order valence-electron chi connectivity index (χ2n) is 8.01. The topological polar surface area (TPSA) is 66.8 Å². The Morgan fingerprint density at radius 1 is 0.912 bits per heavy atom. The fourth-order valence-electron chi connectivity index (χ4n) is 4.13. The Labute approximate surface area is 212 Å². The van der Waals surface area contributed by atoms with E-state index in [-0.39, 0.29) is 26.9 Å². The Bertz CT molecular complexity index is 1370. The normalized spacial score (nSPS) is 17.4. The minimum Gasteiger partial charge on any atom is -0.507 e. The molecule has 174 valence electrons. The number of carbonyl (C=O) groups is 2. The fourth-order valence-corrected chi connectivity index (χ4v) is 4.79. The molecule has 0 aromatic heterocycles. The first-order valence-corrected chi connectivity index (χ1v) is 11.4. The number of hydrogen-bond donors (Lipinski definition) is 1. The Kier molecular flexibility index (Phi) is 6.63. The zero-order valence-corrected chi connectivity index (χ0v) is 20.8. The molecule has 8 heteroatoms. The number of amides is 1. The van der Waals surface area contributed by atoms with Gasteiger partial charge >= 0.3 is 0 Å². The summed E-state index contributed by atoms with van der Waals surface area (Å²) in [5, 5.41) is 12.3. The van der Waals surface area contributed by atoms with Crippen LogP contribution in [0.3, 0.4) is 0 Å². The molecule has 0 aliphatic carbocycles. The van der Waals surface area contributed by atoms with Crippen LogP contribution >= 0.6 is 34.8 Å². The first-order valence-electron chi connectivity index (χ1n) is 10.3. The smallest absolute Gasteiger partial charge is 0.300 e. The van der Waals surface area contributed by atoms with E-state index in [2.05, 4.69) is 0 Å². The summed E-state index contributed by atoms with van der Waals surface area (Å²) in [6.07, 6.45) is 0. The van der Waals surface area contributed by atoms with Gasteiger partial charge < -0.3 is 9.84 Å². The van der Waals surface area contributed by atoms with E-state index in [4.69, 9.17) is 39.5 Å². The van der Waals surface area contributed by atoms with E-state index >= 15 is 0 Å². The largest absolute Gasteiger partial charge is 0.507 e. The third kappa shape index (κ3) is 4.16. The summed E-state index contributed by atoms with van der Waals surface area (Å²) < 4.78 is 5.40. The Morgan fingerprint density at radius 2 is 1.65 bits per heavy atom. The predicted octanol–water partition coefficient (Wildman–Crippen LogP) is 6.90. The number of aryl methyl sites for hydroxylation is 2. The monoisotopic (exact) mass is 515 g/mol. The summed E-state index contributed by atoms with van der Waals surface area (Å²) in [4.78, 5) is 28.0. The molecule has 4 rings (SSSR count). The van der Waals surface area contributed by atoms with E-state index in [1.165, 1.54) is 12.0 Å². The number of halogens is 3. The van der Waals surface area contributed by atoms with Crippen molar-refractivity contribution in [3.8, 4) is 5.75 Å². The first kappa shape index (κ1) is 24.1. The fraction of sp³-hybridized carbons (Fsp3) is 0.154. The number of methoxy groups -OCH3 is 1. The first-order chi connectivity index (χ1) is 16.1. The molecule has 1 atom stereocenters. The number of anilines is 1. The van der Waals surface area contributed by atoms with Crippen molar-refractivity contribution in [2.45, 2.75) is 19.9 Å². The number of benzene rings is 3. The van der Waals surface area contributed by atoms with Crippen LogP contribution in [0, 0.1) is 13.8 Å². The lowest BCUT2D eigenvalue weighted by Crippen LogP contribution is -2.29. The Balaban J connectivity index is 2.03. The zero-order chi connectivity index (χ0) is 24.7. The minimum atomic E-state index is -0.958. The molecule has 1 heterocycles. The van der Waals surface area contributed by atoms with Crippen LogP contribution in [0.1, 0.15) is 28.3 Å². The van der Waals surface area contributed by atoms with Crippen LogP contribution < -0.4 is 9.64 Å². The van der Waals surface area contributed by atoms with Crippen molar-refractivity contribution in [1.29, 1.82) is 0 Å². The van der Waals surface area contributed by atoms with Crippen LogP contribution in [0.2, 0.25) is 15.1 Å². The summed E-state index contributed by atoms with van der Waals surface area (Å²) in [5.74, 6) is -1.82.